The molecule has 7 nitrogen and oxygen atoms in total. The van der Waals surface area contributed by atoms with Crippen LogP contribution in [0.4, 0.5) is 11.4 Å². The Labute approximate surface area is 179 Å². The highest BCUT2D eigenvalue weighted by atomic mass is 16.5. The molecule has 0 aliphatic carbocycles. The van der Waals surface area contributed by atoms with Gasteiger partial charge in [0.25, 0.3) is 11.8 Å². The average Bonchev–Trinajstić information content (AvgIpc) is 2.75. The molecule has 0 fully saturated rings. The highest BCUT2D eigenvalue weighted by Crippen LogP contribution is 2.21. The number of aromatic carboxylic acids is 1. The lowest BCUT2D eigenvalue weighted by Gasteiger charge is -2.12. The quantitative estimate of drug-likeness (QED) is 0.531. The number of carbonyl (C=O) groups is 3. The van der Waals surface area contributed by atoms with Gasteiger partial charge >= 0.3 is 5.97 Å². The second-order valence-corrected chi connectivity index (χ2v) is 6.92. The number of benzene rings is 3. The van der Waals surface area contributed by atoms with Crippen LogP contribution in [0.3, 0.4) is 0 Å². The molecule has 0 spiro atoms. The minimum Gasteiger partial charge on any atom is -0.483 e. The molecule has 0 heterocycles. The highest BCUT2D eigenvalue weighted by molar-refractivity contribution is 6.08. The number of rotatable bonds is 7. The molecule has 3 N–H and O–H groups in total. The van der Waals surface area contributed by atoms with E-state index in [1.807, 2.05) is 26.0 Å². The first-order valence-corrected chi connectivity index (χ1v) is 9.58. The number of amides is 2. The Kier molecular flexibility index (Phi) is 6.67. The summed E-state index contributed by atoms with van der Waals surface area (Å²) < 4.78 is 5.60. The summed E-state index contributed by atoms with van der Waals surface area (Å²) in [6, 6.07) is 18.1. The van der Waals surface area contributed by atoms with E-state index in [0.29, 0.717) is 11.4 Å². The number of carbonyl (C=O) groups excluding carboxylic acids is 2. The minimum absolute atomic E-state index is 0.0103. The predicted molar refractivity (Wildman–Crippen MR) is 118 cm³/mol. The van der Waals surface area contributed by atoms with Gasteiger partial charge in [0.05, 0.1) is 11.3 Å². The van der Waals surface area contributed by atoms with Crippen molar-refractivity contribution in [2.45, 2.75) is 13.8 Å². The van der Waals surface area contributed by atoms with E-state index in [4.69, 9.17) is 4.74 Å². The Morgan fingerprint density at radius 1 is 0.903 bits per heavy atom. The lowest BCUT2D eigenvalue weighted by Crippen LogP contribution is -2.21. The van der Waals surface area contributed by atoms with Gasteiger partial charge in [0.15, 0.2) is 6.61 Å². The van der Waals surface area contributed by atoms with Gasteiger partial charge in [-0.3, -0.25) is 9.59 Å². The van der Waals surface area contributed by atoms with Crippen LogP contribution in [0, 0.1) is 13.8 Å². The Balaban J connectivity index is 1.64. The van der Waals surface area contributed by atoms with E-state index in [-0.39, 0.29) is 29.3 Å². The van der Waals surface area contributed by atoms with Crippen LogP contribution in [0.25, 0.3) is 0 Å². The van der Waals surface area contributed by atoms with Crippen LogP contribution in [0.5, 0.6) is 5.75 Å². The van der Waals surface area contributed by atoms with Crippen molar-refractivity contribution in [3.63, 3.8) is 0 Å². The molecule has 0 bridgehead atoms. The Bertz CT molecular complexity index is 1140. The fourth-order valence-corrected chi connectivity index (χ4v) is 2.93. The number of nitrogens with one attached hydrogen (secondary N) is 2. The first-order valence-electron chi connectivity index (χ1n) is 9.58. The SMILES string of the molecule is Cc1cccc(OCC(=O)Nc2cccc(C(=O)Nc3ccccc3C(=O)O)c2)c1C. The summed E-state index contributed by atoms with van der Waals surface area (Å²) in [6.07, 6.45) is 0. The molecule has 0 aliphatic rings. The van der Waals surface area contributed by atoms with Crippen LogP contribution in [0.15, 0.2) is 66.7 Å². The molecular formula is C24H22N2O5. The largest absolute Gasteiger partial charge is 0.483 e. The number of ether oxygens (including phenoxy) is 1. The first kappa shape index (κ1) is 21.6. The van der Waals surface area contributed by atoms with Crippen LogP contribution in [0.1, 0.15) is 31.8 Å². The summed E-state index contributed by atoms with van der Waals surface area (Å²) in [5, 5.41) is 14.5. The summed E-state index contributed by atoms with van der Waals surface area (Å²) in [4.78, 5) is 36.1. The zero-order valence-corrected chi connectivity index (χ0v) is 17.1. The van der Waals surface area contributed by atoms with Gasteiger partial charge in [-0.2, -0.15) is 0 Å². The second-order valence-electron chi connectivity index (χ2n) is 6.92. The van der Waals surface area contributed by atoms with Crippen molar-refractivity contribution in [1.29, 1.82) is 0 Å². The maximum absolute atomic E-state index is 12.6. The van der Waals surface area contributed by atoms with Crippen molar-refractivity contribution < 1.29 is 24.2 Å². The lowest BCUT2D eigenvalue weighted by molar-refractivity contribution is -0.118. The van der Waals surface area contributed by atoms with Crippen molar-refractivity contribution in [3.05, 3.63) is 89.0 Å². The predicted octanol–water partition coefficient (Wildman–Crippen LogP) is 4.27. The Morgan fingerprint density at radius 2 is 1.65 bits per heavy atom. The molecule has 0 saturated carbocycles. The molecule has 0 aliphatic heterocycles. The standard InChI is InChI=1S/C24H22N2O5/c1-15-7-5-12-21(16(15)2)31-14-22(27)25-18-9-6-8-17(13-18)23(28)26-20-11-4-3-10-19(20)24(29)30/h3-13H,14H2,1-2H3,(H,25,27)(H,26,28)(H,29,30). The molecule has 0 unspecified atom stereocenters. The second kappa shape index (κ2) is 9.58. The van der Waals surface area contributed by atoms with Crippen molar-refractivity contribution in [2.24, 2.45) is 0 Å². The van der Waals surface area contributed by atoms with Crippen molar-refractivity contribution in [2.75, 3.05) is 17.2 Å². The third-order valence-corrected chi connectivity index (χ3v) is 4.73. The summed E-state index contributed by atoms with van der Waals surface area (Å²) in [5.41, 5.74) is 2.92. The first-order chi connectivity index (χ1) is 14.8. The molecule has 3 aromatic carbocycles. The highest BCUT2D eigenvalue weighted by Gasteiger charge is 2.14. The van der Waals surface area contributed by atoms with Crippen LogP contribution in [-0.4, -0.2) is 29.5 Å². The van der Waals surface area contributed by atoms with Crippen molar-refractivity contribution in [3.8, 4) is 5.75 Å². The number of para-hydroxylation sites is 1. The molecule has 0 atom stereocenters. The van der Waals surface area contributed by atoms with Gasteiger partial charge in [-0.05, 0) is 61.4 Å². The normalized spacial score (nSPS) is 10.3. The van der Waals surface area contributed by atoms with Gasteiger partial charge in [-0.15, -0.1) is 0 Å². The number of hydrogen-bond donors (Lipinski definition) is 3. The zero-order valence-electron chi connectivity index (χ0n) is 17.1. The van der Waals surface area contributed by atoms with Crippen LogP contribution in [0.2, 0.25) is 0 Å². The number of hydrogen-bond acceptors (Lipinski definition) is 4. The number of anilines is 2. The zero-order chi connectivity index (χ0) is 22.4. The third kappa shape index (κ3) is 5.48. The van der Waals surface area contributed by atoms with Crippen molar-refractivity contribution >= 4 is 29.2 Å². The fourth-order valence-electron chi connectivity index (χ4n) is 2.93. The Hall–Kier alpha value is -4.13. The van der Waals surface area contributed by atoms with Crippen LogP contribution in [-0.2, 0) is 4.79 Å². The number of carboxylic acids is 1. The summed E-state index contributed by atoms with van der Waals surface area (Å²) in [7, 11) is 0. The molecule has 7 heteroatoms. The molecule has 158 valence electrons. The molecule has 2 amide bonds. The van der Waals surface area contributed by atoms with E-state index in [1.165, 1.54) is 18.2 Å². The van der Waals surface area contributed by atoms with E-state index < -0.39 is 11.9 Å². The van der Waals surface area contributed by atoms with Crippen LogP contribution >= 0.6 is 0 Å². The molecule has 0 aromatic heterocycles. The molecule has 31 heavy (non-hydrogen) atoms. The van der Waals surface area contributed by atoms with E-state index in [0.717, 1.165) is 11.1 Å². The van der Waals surface area contributed by atoms with Gasteiger partial charge in [0.1, 0.15) is 5.75 Å². The minimum atomic E-state index is -1.14. The molecule has 0 saturated heterocycles. The smallest absolute Gasteiger partial charge is 0.337 e. The van der Waals surface area contributed by atoms with E-state index in [9.17, 15) is 19.5 Å². The topological polar surface area (TPSA) is 105 Å². The van der Waals surface area contributed by atoms with E-state index in [1.54, 1.807) is 36.4 Å². The number of carboxylic acid groups (broad SMARTS) is 1. The van der Waals surface area contributed by atoms with Gasteiger partial charge in [0.2, 0.25) is 0 Å². The third-order valence-electron chi connectivity index (χ3n) is 4.73. The summed E-state index contributed by atoms with van der Waals surface area (Å²) in [5.74, 6) is -1.35. The van der Waals surface area contributed by atoms with Gasteiger partial charge in [-0.1, -0.05) is 30.3 Å². The van der Waals surface area contributed by atoms with Crippen molar-refractivity contribution in [1.82, 2.24) is 0 Å². The van der Waals surface area contributed by atoms with Crippen LogP contribution < -0.4 is 15.4 Å². The van der Waals surface area contributed by atoms with Gasteiger partial charge in [-0.25, -0.2) is 4.79 Å². The maximum Gasteiger partial charge on any atom is 0.337 e. The monoisotopic (exact) mass is 418 g/mol. The van der Waals surface area contributed by atoms with E-state index in [2.05, 4.69) is 10.6 Å². The fraction of sp³-hybridized carbons (Fsp3) is 0.125. The Morgan fingerprint density at radius 3 is 2.42 bits per heavy atom. The molecular weight excluding hydrogens is 396 g/mol. The van der Waals surface area contributed by atoms with E-state index >= 15 is 0 Å². The molecule has 0 radical (unpaired) electrons. The molecule has 3 rings (SSSR count). The summed E-state index contributed by atoms with van der Waals surface area (Å²) in [6.45, 7) is 3.72. The number of aryl methyl sites for hydroxylation is 1. The average molecular weight is 418 g/mol. The lowest BCUT2D eigenvalue weighted by atomic mass is 10.1. The maximum atomic E-state index is 12.6. The molecule has 3 aromatic rings. The van der Waals surface area contributed by atoms with Gasteiger partial charge < -0.3 is 20.5 Å². The van der Waals surface area contributed by atoms with Gasteiger partial charge in [0, 0.05) is 11.3 Å². The summed E-state index contributed by atoms with van der Waals surface area (Å²) >= 11 is 0.